The van der Waals surface area contributed by atoms with Crippen molar-refractivity contribution in [1.29, 1.82) is 0 Å². The summed E-state index contributed by atoms with van der Waals surface area (Å²) in [6.45, 7) is 1.94. The molecule has 1 aromatic carbocycles. The summed E-state index contributed by atoms with van der Waals surface area (Å²) in [5.74, 6) is -0.308. The Morgan fingerprint density at radius 1 is 1.32 bits per heavy atom. The summed E-state index contributed by atoms with van der Waals surface area (Å²) in [5.41, 5.74) is 6.90. The van der Waals surface area contributed by atoms with Gasteiger partial charge >= 0.3 is 0 Å². The van der Waals surface area contributed by atoms with Crippen molar-refractivity contribution < 1.29 is 5.11 Å². The third kappa shape index (κ3) is 1.84. The number of rotatable bonds is 1. The molecular formula is C12H10N4O2S. The Hall–Kier alpha value is -2.41. The number of fused-ring (bicyclic) bond motifs is 1. The maximum absolute atomic E-state index is 12.3. The van der Waals surface area contributed by atoms with Gasteiger partial charge in [0.15, 0.2) is 0 Å². The molecule has 3 aromatic rings. The van der Waals surface area contributed by atoms with Gasteiger partial charge in [-0.05, 0) is 12.5 Å². The van der Waals surface area contributed by atoms with Crippen molar-refractivity contribution in [3.63, 3.8) is 0 Å². The molecule has 19 heavy (non-hydrogen) atoms. The maximum atomic E-state index is 12.3. The summed E-state index contributed by atoms with van der Waals surface area (Å²) < 4.78 is 1.11. The first-order valence-corrected chi connectivity index (χ1v) is 6.33. The molecule has 2 aromatic heterocycles. The van der Waals surface area contributed by atoms with Gasteiger partial charge in [-0.25, -0.2) is 0 Å². The Bertz CT molecular complexity index is 820. The van der Waals surface area contributed by atoms with Crippen LogP contribution in [-0.4, -0.2) is 19.7 Å². The van der Waals surface area contributed by atoms with E-state index in [1.165, 1.54) is 0 Å². The fourth-order valence-corrected chi connectivity index (χ4v) is 2.47. The van der Waals surface area contributed by atoms with Crippen LogP contribution >= 0.6 is 11.3 Å². The first-order valence-electron chi connectivity index (χ1n) is 5.51. The van der Waals surface area contributed by atoms with Gasteiger partial charge in [0.2, 0.25) is 16.0 Å². The Kier molecular flexibility index (Phi) is 2.49. The van der Waals surface area contributed by atoms with Crippen LogP contribution in [0, 0.1) is 6.92 Å². The highest BCUT2D eigenvalue weighted by Crippen LogP contribution is 2.26. The summed E-state index contributed by atoms with van der Waals surface area (Å²) in [4.78, 5) is 16.5. The standard InChI is InChI=1S/C12H10N4O2S/c1-6-2-4-7(5-3-6)8-9(17)14-12-16(10(8)18)15-11(13)19-12/h2-5,17H,1H3,(H2,13,15). The number of aromatic hydroxyl groups is 1. The number of benzene rings is 1. The highest BCUT2D eigenvalue weighted by atomic mass is 32.1. The Balaban J connectivity index is 2.34. The number of nitrogens with two attached hydrogens (primary N) is 1. The van der Waals surface area contributed by atoms with Crippen LogP contribution in [-0.2, 0) is 0 Å². The zero-order valence-electron chi connectivity index (χ0n) is 9.99. The average molecular weight is 274 g/mol. The van der Waals surface area contributed by atoms with E-state index in [1.807, 2.05) is 19.1 Å². The molecule has 0 aliphatic heterocycles. The molecule has 0 saturated heterocycles. The van der Waals surface area contributed by atoms with E-state index >= 15 is 0 Å². The fraction of sp³-hybridized carbons (Fsp3) is 0.0833. The number of nitrogen functional groups attached to an aromatic ring is 1. The highest BCUT2D eigenvalue weighted by Gasteiger charge is 2.16. The number of hydrogen-bond acceptors (Lipinski definition) is 6. The molecule has 0 spiro atoms. The molecule has 0 bridgehead atoms. The van der Waals surface area contributed by atoms with Crippen molar-refractivity contribution in [3.05, 3.63) is 40.2 Å². The van der Waals surface area contributed by atoms with Gasteiger partial charge < -0.3 is 10.8 Å². The minimum Gasteiger partial charge on any atom is -0.493 e. The van der Waals surface area contributed by atoms with Gasteiger partial charge in [-0.1, -0.05) is 41.2 Å². The number of hydrogen-bond donors (Lipinski definition) is 2. The van der Waals surface area contributed by atoms with Crippen LogP contribution in [0.3, 0.4) is 0 Å². The molecule has 3 N–H and O–H groups in total. The Labute approximate surface area is 111 Å². The number of aryl methyl sites for hydroxylation is 1. The van der Waals surface area contributed by atoms with Gasteiger partial charge in [0, 0.05) is 0 Å². The third-order valence-corrected chi connectivity index (χ3v) is 3.48. The summed E-state index contributed by atoms with van der Waals surface area (Å²) in [7, 11) is 0. The number of aromatic nitrogens is 3. The van der Waals surface area contributed by atoms with Crippen LogP contribution in [0.15, 0.2) is 29.1 Å². The van der Waals surface area contributed by atoms with E-state index in [9.17, 15) is 9.90 Å². The predicted octanol–water partition coefficient (Wildman–Crippen LogP) is 1.41. The lowest BCUT2D eigenvalue weighted by Gasteiger charge is -2.03. The van der Waals surface area contributed by atoms with Crippen molar-refractivity contribution in [2.75, 3.05) is 5.73 Å². The lowest BCUT2D eigenvalue weighted by atomic mass is 10.1. The van der Waals surface area contributed by atoms with E-state index in [-0.39, 0.29) is 21.5 Å². The smallest absolute Gasteiger partial charge is 0.287 e. The molecule has 0 radical (unpaired) electrons. The summed E-state index contributed by atoms with van der Waals surface area (Å²) in [6, 6.07) is 7.24. The molecule has 0 aliphatic carbocycles. The largest absolute Gasteiger partial charge is 0.493 e. The van der Waals surface area contributed by atoms with Gasteiger partial charge in [-0.15, -0.1) is 5.10 Å². The Morgan fingerprint density at radius 2 is 2.00 bits per heavy atom. The van der Waals surface area contributed by atoms with Crippen molar-refractivity contribution in [2.24, 2.45) is 0 Å². The monoisotopic (exact) mass is 274 g/mol. The van der Waals surface area contributed by atoms with Gasteiger partial charge in [0.05, 0.1) is 0 Å². The summed E-state index contributed by atoms with van der Waals surface area (Å²) in [5, 5.41) is 14.0. The van der Waals surface area contributed by atoms with E-state index in [1.54, 1.807) is 12.1 Å². The first-order chi connectivity index (χ1) is 9.06. The zero-order valence-corrected chi connectivity index (χ0v) is 10.8. The molecule has 0 aliphatic rings. The SMILES string of the molecule is Cc1ccc(-c2c(O)nc3sc(N)nn3c2=O)cc1. The van der Waals surface area contributed by atoms with Crippen LogP contribution in [0.25, 0.3) is 16.1 Å². The second-order valence-electron chi connectivity index (χ2n) is 4.12. The zero-order chi connectivity index (χ0) is 13.6. The molecule has 2 heterocycles. The molecule has 0 saturated carbocycles. The first kappa shape index (κ1) is 11.7. The van der Waals surface area contributed by atoms with Gasteiger partial charge in [0.25, 0.3) is 5.56 Å². The molecule has 7 heteroatoms. The van der Waals surface area contributed by atoms with Gasteiger partial charge in [-0.2, -0.15) is 9.50 Å². The summed E-state index contributed by atoms with van der Waals surface area (Å²) >= 11 is 1.05. The second-order valence-corrected chi connectivity index (χ2v) is 5.10. The van der Waals surface area contributed by atoms with Crippen molar-refractivity contribution in [2.45, 2.75) is 6.92 Å². The van der Waals surface area contributed by atoms with Crippen molar-refractivity contribution >= 4 is 21.4 Å². The molecule has 0 atom stereocenters. The topological polar surface area (TPSA) is 93.5 Å². The quantitative estimate of drug-likeness (QED) is 0.700. The normalized spacial score (nSPS) is 11.0. The van der Waals surface area contributed by atoms with Crippen LogP contribution in [0.1, 0.15) is 5.56 Å². The fourth-order valence-electron chi connectivity index (χ4n) is 1.82. The third-order valence-electron chi connectivity index (χ3n) is 2.75. The lowest BCUT2D eigenvalue weighted by Crippen LogP contribution is -2.17. The van der Waals surface area contributed by atoms with Crippen molar-refractivity contribution in [3.8, 4) is 17.0 Å². The second kappa shape index (κ2) is 4.06. The maximum Gasteiger partial charge on any atom is 0.287 e. The average Bonchev–Trinajstić information content (AvgIpc) is 2.72. The molecule has 0 fully saturated rings. The minimum absolute atomic E-state index is 0.128. The van der Waals surface area contributed by atoms with Crippen molar-refractivity contribution in [1.82, 2.24) is 14.6 Å². The van der Waals surface area contributed by atoms with E-state index in [0.717, 1.165) is 21.4 Å². The predicted molar refractivity (Wildman–Crippen MR) is 73.4 cm³/mol. The van der Waals surface area contributed by atoms with Gasteiger partial charge in [0.1, 0.15) is 5.56 Å². The highest BCUT2D eigenvalue weighted by molar-refractivity contribution is 7.20. The van der Waals surface area contributed by atoms with Crippen LogP contribution in [0.4, 0.5) is 5.13 Å². The van der Waals surface area contributed by atoms with E-state index in [4.69, 9.17) is 5.73 Å². The molecule has 96 valence electrons. The number of nitrogens with zero attached hydrogens (tertiary/aromatic N) is 3. The molecule has 0 amide bonds. The molecular weight excluding hydrogens is 264 g/mol. The van der Waals surface area contributed by atoms with E-state index in [0.29, 0.717) is 5.56 Å². The summed E-state index contributed by atoms with van der Waals surface area (Å²) in [6.07, 6.45) is 0. The van der Waals surface area contributed by atoms with E-state index < -0.39 is 5.56 Å². The van der Waals surface area contributed by atoms with Crippen LogP contribution < -0.4 is 11.3 Å². The van der Waals surface area contributed by atoms with Gasteiger partial charge in [-0.3, -0.25) is 4.79 Å². The van der Waals surface area contributed by atoms with Crippen LogP contribution in [0.2, 0.25) is 0 Å². The minimum atomic E-state index is -0.431. The lowest BCUT2D eigenvalue weighted by molar-refractivity contribution is 0.455. The number of anilines is 1. The molecule has 6 nitrogen and oxygen atoms in total. The van der Waals surface area contributed by atoms with Crippen LogP contribution in [0.5, 0.6) is 5.88 Å². The molecule has 0 unspecified atom stereocenters. The molecule has 3 rings (SSSR count). The Morgan fingerprint density at radius 3 is 2.68 bits per heavy atom. The van der Waals surface area contributed by atoms with E-state index in [2.05, 4.69) is 10.1 Å².